The van der Waals surface area contributed by atoms with Crippen molar-refractivity contribution in [2.75, 3.05) is 6.54 Å². The molecule has 2 aromatic carbocycles. The molecule has 24 heavy (non-hydrogen) atoms. The molecule has 124 valence electrons. The molecule has 1 aromatic heterocycles. The molecule has 0 amide bonds. The number of para-hydroxylation sites is 1. The van der Waals surface area contributed by atoms with Crippen LogP contribution in [0, 0.1) is 5.82 Å². The number of H-pyrrole nitrogens is 1. The zero-order chi connectivity index (χ0) is 16.9. The van der Waals surface area contributed by atoms with Gasteiger partial charge in [-0.05, 0) is 43.2 Å². The second-order valence-corrected chi connectivity index (χ2v) is 5.97. The van der Waals surface area contributed by atoms with Crippen LogP contribution in [0.15, 0.2) is 53.3 Å². The van der Waals surface area contributed by atoms with Crippen molar-refractivity contribution in [1.29, 1.82) is 0 Å². The minimum Gasteiger partial charge on any atom is -0.313 e. The molecular weight excluding hydrogens is 305 g/mol. The van der Waals surface area contributed by atoms with Crippen molar-refractivity contribution in [2.24, 2.45) is 0 Å². The predicted octanol–water partition coefficient (Wildman–Crippen LogP) is 2.83. The highest BCUT2D eigenvalue weighted by Crippen LogP contribution is 2.07. The fraction of sp³-hybridized carbons (Fsp3) is 0.263. The van der Waals surface area contributed by atoms with Crippen molar-refractivity contribution in [3.8, 4) is 0 Å². The lowest BCUT2D eigenvalue weighted by atomic mass is 10.1. The van der Waals surface area contributed by atoms with Gasteiger partial charge < -0.3 is 10.3 Å². The smallest absolute Gasteiger partial charge is 0.258 e. The fourth-order valence-corrected chi connectivity index (χ4v) is 2.78. The number of nitrogens with zero attached hydrogens (tertiary/aromatic N) is 1. The van der Waals surface area contributed by atoms with E-state index in [9.17, 15) is 9.18 Å². The van der Waals surface area contributed by atoms with Gasteiger partial charge in [0.2, 0.25) is 0 Å². The maximum atomic E-state index is 13.2. The van der Waals surface area contributed by atoms with Gasteiger partial charge >= 0.3 is 0 Å². The lowest BCUT2D eigenvalue weighted by molar-refractivity contribution is 0.541. The van der Waals surface area contributed by atoms with Crippen molar-refractivity contribution in [1.82, 2.24) is 15.3 Å². The summed E-state index contributed by atoms with van der Waals surface area (Å²) in [5.74, 6) is 0.460. The summed E-state index contributed by atoms with van der Waals surface area (Å²) >= 11 is 0. The van der Waals surface area contributed by atoms with Crippen molar-refractivity contribution >= 4 is 10.9 Å². The quantitative estimate of drug-likeness (QED) is 0.733. The molecule has 0 spiro atoms. The number of hydrogen-bond acceptors (Lipinski definition) is 3. The summed E-state index contributed by atoms with van der Waals surface area (Å²) in [5, 5.41) is 3.99. The van der Waals surface area contributed by atoms with E-state index in [-0.39, 0.29) is 17.4 Å². The van der Waals surface area contributed by atoms with E-state index in [2.05, 4.69) is 22.2 Å². The van der Waals surface area contributed by atoms with Gasteiger partial charge in [0.1, 0.15) is 11.6 Å². The van der Waals surface area contributed by atoms with Crippen LogP contribution in [0.5, 0.6) is 0 Å². The molecule has 2 N–H and O–H groups in total. The standard InChI is InChI=1S/C19H20FN3O/c1-13(11-14-5-4-6-15(20)12-14)21-10-9-18-22-17-8-3-2-7-16(17)19(24)23-18/h2-8,12-13,21H,9-11H2,1H3,(H,22,23,24)/t13-/m1/s1. The highest BCUT2D eigenvalue weighted by molar-refractivity contribution is 5.77. The average Bonchev–Trinajstić information content (AvgIpc) is 2.55. The van der Waals surface area contributed by atoms with E-state index in [4.69, 9.17) is 0 Å². The van der Waals surface area contributed by atoms with E-state index in [1.54, 1.807) is 18.2 Å². The first kappa shape index (κ1) is 16.3. The summed E-state index contributed by atoms with van der Waals surface area (Å²) < 4.78 is 13.2. The Hall–Kier alpha value is -2.53. The van der Waals surface area contributed by atoms with Crippen LogP contribution in [0.1, 0.15) is 18.3 Å². The summed E-state index contributed by atoms with van der Waals surface area (Å²) in [6, 6.07) is 14.2. The Morgan fingerprint density at radius 3 is 2.88 bits per heavy atom. The molecule has 3 rings (SSSR count). The molecule has 4 nitrogen and oxygen atoms in total. The van der Waals surface area contributed by atoms with Gasteiger partial charge in [-0.3, -0.25) is 4.79 Å². The van der Waals surface area contributed by atoms with Gasteiger partial charge in [-0.1, -0.05) is 24.3 Å². The molecule has 0 radical (unpaired) electrons. The van der Waals surface area contributed by atoms with Crippen LogP contribution >= 0.6 is 0 Å². The number of halogens is 1. The zero-order valence-corrected chi connectivity index (χ0v) is 13.6. The van der Waals surface area contributed by atoms with Crippen LogP contribution in [-0.2, 0) is 12.8 Å². The predicted molar refractivity (Wildman–Crippen MR) is 93.6 cm³/mol. The van der Waals surface area contributed by atoms with Gasteiger partial charge in [0, 0.05) is 19.0 Å². The van der Waals surface area contributed by atoms with Crippen LogP contribution in [-0.4, -0.2) is 22.6 Å². The Labute approximate surface area is 139 Å². The Bertz CT molecular complexity index is 891. The number of aromatic nitrogens is 2. The summed E-state index contributed by atoms with van der Waals surface area (Å²) in [7, 11) is 0. The van der Waals surface area contributed by atoms with E-state index in [1.807, 2.05) is 24.3 Å². The lowest BCUT2D eigenvalue weighted by Crippen LogP contribution is -2.30. The van der Waals surface area contributed by atoms with E-state index in [0.29, 0.717) is 29.7 Å². The van der Waals surface area contributed by atoms with Gasteiger partial charge in [-0.15, -0.1) is 0 Å². The maximum absolute atomic E-state index is 13.2. The molecule has 0 fully saturated rings. The second-order valence-electron chi connectivity index (χ2n) is 5.97. The number of hydrogen-bond donors (Lipinski definition) is 2. The van der Waals surface area contributed by atoms with Crippen LogP contribution in [0.3, 0.4) is 0 Å². The van der Waals surface area contributed by atoms with Crippen LogP contribution in [0.4, 0.5) is 4.39 Å². The summed E-state index contributed by atoms with van der Waals surface area (Å²) in [5.41, 5.74) is 1.57. The highest BCUT2D eigenvalue weighted by atomic mass is 19.1. The van der Waals surface area contributed by atoms with E-state index in [0.717, 1.165) is 12.0 Å². The van der Waals surface area contributed by atoms with Gasteiger partial charge in [0.25, 0.3) is 5.56 Å². The monoisotopic (exact) mass is 325 g/mol. The molecule has 0 aliphatic rings. The van der Waals surface area contributed by atoms with E-state index >= 15 is 0 Å². The first-order valence-electron chi connectivity index (χ1n) is 8.07. The van der Waals surface area contributed by atoms with Crippen LogP contribution < -0.4 is 10.9 Å². The van der Waals surface area contributed by atoms with Crippen molar-refractivity contribution in [2.45, 2.75) is 25.8 Å². The number of fused-ring (bicyclic) bond motifs is 1. The number of benzene rings is 2. The number of nitrogens with one attached hydrogen (secondary N) is 2. The first-order valence-corrected chi connectivity index (χ1v) is 8.07. The number of rotatable bonds is 6. The third kappa shape index (κ3) is 4.06. The molecule has 0 saturated carbocycles. The molecule has 0 saturated heterocycles. The van der Waals surface area contributed by atoms with Crippen LogP contribution in [0.2, 0.25) is 0 Å². The first-order chi connectivity index (χ1) is 11.6. The molecule has 0 unspecified atom stereocenters. The normalized spacial score (nSPS) is 12.4. The average molecular weight is 325 g/mol. The Balaban J connectivity index is 1.57. The minimum absolute atomic E-state index is 0.108. The molecule has 1 heterocycles. The molecule has 0 aliphatic carbocycles. The SMILES string of the molecule is C[C@H](Cc1cccc(F)c1)NCCc1nc2ccccc2c(=O)[nH]1. The van der Waals surface area contributed by atoms with Crippen molar-refractivity contribution < 1.29 is 4.39 Å². The van der Waals surface area contributed by atoms with Gasteiger partial charge in [0.15, 0.2) is 0 Å². The third-order valence-corrected chi connectivity index (χ3v) is 3.95. The summed E-state index contributed by atoms with van der Waals surface area (Å²) in [6.45, 7) is 2.75. The van der Waals surface area contributed by atoms with Gasteiger partial charge in [-0.25, -0.2) is 9.37 Å². The van der Waals surface area contributed by atoms with Crippen molar-refractivity contribution in [3.63, 3.8) is 0 Å². The summed E-state index contributed by atoms with van der Waals surface area (Å²) in [6.07, 6.45) is 1.38. The summed E-state index contributed by atoms with van der Waals surface area (Å²) in [4.78, 5) is 19.3. The Morgan fingerprint density at radius 2 is 2.04 bits per heavy atom. The Morgan fingerprint density at radius 1 is 1.21 bits per heavy atom. The fourth-order valence-electron chi connectivity index (χ4n) is 2.78. The third-order valence-electron chi connectivity index (χ3n) is 3.95. The maximum Gasteiger partial charge on any atom is 0.258 e. The van der Waals surface area contributed by atoms with Crippen molar-refractivity contribution in [3.05, 3.63) is 76.1 Å². The minimum atomic E-state index is -0.211. The largest absolute Gasteiger partial charge is 0.313 e. The van der Waals surface area contributed by atoms with Gasteiger partial charge in [0.05, 0.1) is 10.9 Å². The zero-order valence-electron chi connectivity index (χ0n) is 13.6. The lowest BCUT2D eigenvalue weighted by Gasteiger charge is -2.13. The molecule has 1 atom stereocenters. The second kappa shape index (κ2) is 7.36. The molecule has 3 aromatic rings. The van der Waals surface area contributed by atoms with Gasteiger partial charge in [-0.2, -0.15) is 0 Å². The van der Waals surface area contributed by atoms with E-state index < -0.39 is 0 Å². The highest BCUT2D eigenvalue weighted by Gasteiger charge is 2.06. The topological polar surface area (TPSA) is 57.8 Å². The number of aromatic amines is 1. The van der Waals surface area contributed by atoms with Crippen LogP contribution in [0.25, 0.3) is 10.9 Å². The molecule has 0 bridgehead atoms. The van der Waals surface area contributed by atoms with E-state index in [1.165, 1.54) is 6.07 Å². The molecule has 5 heteroatoms. The molecular formula is C19H20FN3O. The molecule has 0 aliphatic heterocycles. The Kier molecular flexibility index (Phi) is 5.01.